The van der Waals surface area contributed by atoms with Crippen LogP contribution in [0.3, 0.4) is 0 Å². The molecule has 0 fully saturated rings. The molecule has 1 aliphatic rings. The number of carbonyl (C=O) groups is 1. The van der Waals surface area contributed by atoms with Crippen molar-refractivity contribution in [2.45, 2.75) is 45.2 Å². The molecule has 3 N–H and O–H groups in total. The number of H-pyrrole nitrogens is 1. The van der Waals surface area contributed by atoms with Gasteiger partial charge in [0, 0.05) is 16.6 Å². The molecule has 0 radical (unpaired) electrons. The quantitative estimate of drug-likeness (QED) is 0.457. The summed E-state index contributed by atoms with van der Waals surface area (Å²) in [5.41, 5.74) is 4.40. The Balaban J connectivity index is 1.54. The van der Waals surface area contributed by atoms with Gasteiger partial charge in [0.2, 0.25) is 0 Å². The number of aryl methyl sites for hydroxylation is 1. The first-order chi connectivity index (χ1) is 15.9. The molecule has 0 aliphatic heterocycles. The number of urea groups is 1. The minimum absolute atomic E-state index is 0.0645. The van der Waals surface area contributed by atoms with E-state index in [0.717, 1.165) is 41.8 Å². The summed E-state index contributed by atoms with van der Waals surface area (Å²) in [4.78, 5) is 16.6. The van der Waals surface area contributed by atoms with Crippen LogP contribution in [0.2, 0.25) is 0 Å². The fourth-order valence-corrected chi connectivity index (χ4v) is 4.74. The van der Waals surface area contributed by atoms with Crippen molar-refractivity contribution in [3.8, 4) is 17.2 Å². The van der Waals surface area contributed by atoms with Gasteiger partial charge in [0.05, 0.1) is 33.4 Å². The fourth-order valence-electron chi connectivity index (χ4n) is 4.74. The molecule has 2 atom stereocenters. The Hall–Kier alpha value is -3.35. The molecule has 2 amide bonds. The number of fused-ring (bicyclic) bond motifs is 3. The Labute approximate surface area is 194 Å². The zero-order valence-corrected chi connectivity index (χ0v) is 20.0. The summed E-state index contributed by atoms with van der Waals surface area (Å²) in [6.45, 7) is 4.18. The molecule has 0 spiro atoms. The summed E-state index contributed by atoms with van der Waals surface area (Å²) in [5, 5.41) is 7.54. The third kappa shape index (κ3) is 4.58. The number of ether oxygens (including phenoxy) is 3. The number of nitrogens with one attached hydrogen (secondary N) is 3. The van der Waals surface area contributed by atoms with Gasteiger partial charge in [-0.3, -0.25) is 0 Å². The van der Waals surface area contributed by atoms with Crippen LogP contribution >= 0.6 is 0 Å². The van der Waals surface area contributed by atoms with Gasteiger partial charge < -0.3 is 29.8 Å². The molecule has 1 aliphatic carbocycles. The zero-order chi connectivity index (χ0) is 23.5. The topological polar surface area (TPSA) is 84.6 Å². The molecular weight excluding hydrogens is 418 g/mol. The van der Waals surface area contributed by atoms with E-state index in [-0.39, 0.29) is 24.0 Å². The predicted octanol–water partition coefficient (Wildman–Crippen LogP) is 5.27. The standard InChI is InChI=1S/C26H33N3O4/c1-15(2)24(16-9-12-22(32-4)23(13-16)33-5)29-26(30)28-21-8-6-7-18-19-14-17(31-3)10-11-20(19)27-25(18)21/h9-15,21,24,27H,6-8H2,1-5H3,(H2,28,29,30)/t21-,24-/m0/s1. The molecule has 1 aromatic heterocycles. The van der Waals surface area contributed by atoms with Crippen LogP contribution in [0.15, 0.2) is 36.4 Å². The van der Waals surface area contributed by atoms with Crippen LogP contribution in [-0.2, 0) is 6.42 Å². The minimum Gasteiger partial charge on any atom is -0.497 e. The normalized spacial score (nSPS) is 16.2. The van der Waals surface area contributed by atoms with E-state index in [1.807, 2.05) is 30.3 Å². The van der Waals surface area contributed by atoms with E-state index >= 15 is 0 Å². The molecule has 0 saturated heterocycles. The second-order valence-corrected chi connectivity index (χ2v) is 8.83. The molecule has 1 heterocycles. The number of amides is 2. The molecule has 2 aromatic carbocycles. The van der Waals surface area contributed by atoms with Gasteiger partial charge in [-0.15, -0.1) is 0 Å². The Morgan fingerprint density at radius 2 is 1.82 bits per heavy atom. The lowest BCUT2D eigenvalue weighted by atomic mass is 9.91. The van der Waals surface area contributed by atoms with Crippen LogP contribution < -0.4 is 24.8 Å². The third-order valence-electron chi connectivity index (χ3n) is 6.44. The van der Waals surface area contributed by atoms with Gasteiger partial charge >= 0.3 is 6.03 Å². The summed E-state index contributed by atoms with van der Waals surface area (Å²) in [6, 6.07) is 11.4. The highest BCUT2D eigenvalue weighted by molar-refractivity contribution is 5.87. The summed E-state index contributed by atoms with van der Waals surface area (Å²) in [6.07, 6.45) is 2.90. The minimum atomic E-state index is -0.183. The van der Waals surface area contributed by atoms with E-state index in [4.69, 9.17) is 14.2 Å². The van der Waals surface area contributed by atoms with Crippen LogP contribution in [0.5, 0.6) is 17.2 Å². The van der Waals surface area contributed by atoms with Crippen molar-refractivity contribution in [2.75, 3.05) is 21.3 Å². The Bertz CT molecular complexity index is 1140. The number of aromatic amines is 1. The molecule has 0 saturated carbocycles. The average molecular weight is 452 g/mol. The first kappa shape index (κ1) is 22.8. The van der Waals surface area contributed by atoms with Gasteiger partial charge in [-0.25, -0.2) is 4.79 Å². The summed E-state index contributed by atoms with van der Waals surface area (Å²) < 4.78 is 16.2. The first-order valence-electron chi connectivity index (χ1n) is 11.4. The lowest BCUT2D eigenvalue weighted by Gasteiger charge is -2.27. The van der Waals surface area contributed by atoms with Crippen molar-refractivity contribution >= 4 is 16.9 Å². The van der Waals surface area contributed by atoms with Gasteiger partial charge in [0.15, 0.2) is 11.5 Å². The van der Waals surface area contributed by atoms with Crippen molar-refractivity contribution < 1.29 is 19.0 Å². The molecule has 7 heteroatoms. The highest BCUT2D eigenvalue weighted by Gasteiger charge is 2.27. The van der Waals surface area contributed by atoms with Crippen molar-refractivity contribution in [1.82, 2.24) is 15.6 Å². The first-order valence-corrected chi connectivity index (χ1v) is 11.4. The molecule has 0 unspecified atom stereocenters. The van der Waals surface area contributed by atoms with Crippen molar-refractivity contribution in [2.24, 2.45) is 5.92 Å². The SMILES string of the molecule is COc1ccc2[nH]c3c(c2c1)CCC[C@@H]3NC(=O)N[C@H](c1ccc(OC)c(OC)c1)C(C)C. The van der Waals surface area contributed by atoms with E-state index in [0.29, 0.717) is 11.5 Å². The molecular formula is C26H33N3O4. The highest BCUT2D eigenvalue weighted by Crippen LogP contribution is 2.36. The molecule has 4 rings (SSSR count). The van der Waals surface area contributed by atoms with Crippen molar-refractivity contribution in [3.63, 3.8) is 0 Å². The van der Waals surface area contributed by atoms with E-state index in [9.17, 15) is 4.79 Å². The van der Waals surface area contributed by atoms with Crippen LogP contribution in [0.1, 0.15) is 55.6 Å². The smallest absolute Gasteiger partial charge is 0.315 e. The van der Waals surface area contributed by atoms with Crippen LogP contribution in [-0.4, -0.2) is 32.3 Å². The largest absolute Gasteiger partial charge is 0.497 e. The van der Waals surface area contributed by atoms with E-state index in [2.05, 4.69) is 35.5 Å². The Morgan fingerprint density at radius 1 is 1.03 bits per heavy atom. The fraction of sp³-hybridized carbons (Fsp3) is 0.423. The molecule has 3 aromatic rings. The molecule has 7 nitrogen and oxygen atoms in total. The number of rotatable bonds is 7. The number of carbonyl (C=O) groups excluding carboxylic acids is 1. The molecule has 0 bridgehead atoms. The molecule has 176 valence electrons. The van der Waals surface area contributed by atoms with E-state index in [1.54, 1.807) is 21.3 Å². The molecule has 33 heavy (non-hydrogen) atoms. The maximum Gasteiger partial charge on any atom is 0.315 e. The van der Waals surface area contributed by atoms with Crippen LogP contribution in [0.25, 0.3) is 10.9 Å². The van der Waals surface area contributed by atoms with E-state index < -0.39 is 0 Å². The van der Waals surface area contributed by atoms with Gasteiger partial charge in [0.25, 0.3) is 0 Å². The third-order valence-corrected chi connectivity index (χ3v) is 6.44. The predicted molar refractivity (Wildman–Crippen MR) is 129 cm³/mol. The Morgan fingerprint density at radius 3 is 2.52 bits per heavy atom. The van der Waals surface area contributed by atoms with Gasteiger partial charge in [-0.05, 0) is 66.6 Å². The monoisotopic (exact) mass is 451 g/mol. The van der Waals surface area contributed by atoms with E-state index in [1.165, 1.54) is 10.9 Å². The summed E-state index contributed by atoms with van der Waals surface area (Å²) in [5.74, 6) is 2.34. The highest BCUT2D eigenvalue weighted by atomic mass is 16.5. The van der Waals surface area contributed by atoms with Crippen LogP contribution in [0, 0.1) is 5.92 Å². The van der Waals surface area contributed by atoms with Crippen LogP contribution in [0.4, 0.5) is 4.79 Å². The zero-order valence-electron chi connectivity index (χ0n) is 20.0. The van der Waals surface area contributed by atoms with Gasteiger partial charge in [-0.1, -0.05) is 19.9 Å². The van der Waals surface area contributed by atoms with Crippen molar-refractivity contribution in [1.29, 1.82) is 0 Å². The summed E-state index contributed by atoms with van der Waals surface area (Å²) in [7, 11) is 4.91. The van der Waals surface area contributed by atoms with Gasteiger partial charge in [-0.2, -0.15) is 0 Å². The number of aromatic nitrogens is 1. The average Bonchev–Trinajstić information content (AvgIpc) is 3.20. The summed E-state index contributed by atoms with van der Waals surface area (Å²) >= 11 is 0. The second kappa shape index (κ2) is 9.65. The lowest BCUT2D eigenvalue weighted by molar-refractivity contribution is 0.227. The maximum atomic E-state index is 13.1. The van der Waals surface area contributed by atoms with Gasteiger partial charge in [0.1, 0.15) is 5.75 Å². The second-order valence-electron chi connectivity index (χ2n) is 8.83. The number of hydrogen-bond donors (Lipinski definition) is 3. The lowest BCUT2D eigenvalue weighted by Crippen LogP contribution is -2.42. The van der Waals surface area contributed by atoms with Crippen molar-refractivity contribution in [3.05, 3.63) is 53.2 Å². The maximum absolute atomic E-state index is 13.1. The number of hydrogen-bond acceptors (Lipinski definition) is 4. The number of benzene rings is 2. The Kier molecular flexibility index (Phi) is 6.67. The number of methoxy groups -OCH3 is 3.